The zero-order chi connectivity index (χ0) is 18.8. The molecule has 0 unspecified atom stereocenters. The third-order valence-corrected chi connectivity index (χ3v) is 5.13. The Kier molecular flexibility index (Phi) is 4.71. The van der Waals surface area contributed by atoms with Crippen molar-refractivity contribution in [3.63, 3.8) is 0 Å². The molecule has 0 bridgehead atoms. The summed E-state index contributed by atoms with van der Waals surface area (Å²) in [4.78, 5) is 28.4. The maximum absolute atomic E-state index is 12.7. The second-order valence-corrected chi connectivity index (χ2v) is 6.98. The van der Waals surface area contributed by atoms with Gasteiger partial charge in [0.15, 0.2) is 6.61 Å². The molecule has 2 amide bonds. The summed E-state index contributed by atoms with van der Waals surface area (Å²) in [6.07, 6.45) is 3.66. The van der Waals surface area contributed by atoms with Crippen molar-refractivity contribution in [1.82, 2.24) is 0 Å². The van der Waals surface area contributed by atoms with Crippen LogP contribution in [0, 0.1) is 0 Å². The normalized spacial score (nSPS) is 16.6. The fraction of sp³-hybridized carbons (Fsp3) is 0.333. The highest BCUT2D eigenvalue weighted by atomic mass is 16.5. The zero-order valence-corrected chi connectivity index (χ0v) is 15.4. The van der Waals surface area contributed by atoms with E-state index in [1.165, 1.54) is 19.3 Å². The Morgan fingerprint density at radius 1 is 1.07 bits per heavy atom. The number of nitrogens with one attached hydrogen (secondary N) is 1. The fourth-order valence-corrected chi connectivity index (χ4v) is 3.55. The lowest BCUT2D eigenvalue weighted by Gasteiger charge is -2.29. The van der Waals surface area contributed by atoms with Crippen LogP contribution < -0.4 is 19.9 Å². The van der Waals surface area contributed by atoms with Gasteiger partial charge in [-0.1, -0.05) is 6.07 Å². The van der Waals surface area contributed by atoms with E-state index in [0.717, 1.165) is 18.8 Å². The van der Waals surface area contributed by atoms with Gasteiger partial charge in [-0.05, 0) is 55.7 Å². The molecule has 1 fully saturated rings. The maximum atomic E-state index is 12.7. The third kappa shape index (κ3) is 3.60. The van der Waals surface area contributed by atoms with Crippen LogP contribution in [0.4, 0.5) is 17.1 Å². The minimum atomic E-state index is -0.167. The number of anilines is 3. The van der Waals surface area contributed by atoms with Crippen LogP contribution in [0.15, 0.2) is 42.5 Å². The van der Waals surface area contributed by atoms with Gasteiger partial charge in [0.2, 0.25) is 0 Å². The van der Waals surface area contributed by atoms with Crippen LogP contribution in [-0.2, 0) is 4.79 Å². The van der Waals surface area contributed by atoms with Gasteiger partial charge in [-0.3, -0.25) is 9.59 Å². The predicted molar refractivity (Wildman–Crippen MR) is 106 cm³/mol. The minimum Gasteiger partial charge on any atom is -0.482 e. The van der Waals surface area contributed by atoms with Crippen molar-refractivity contribution in [1.29, 1.82) is 0 Å². The number of carbonyl (C=O) groups excluding carboxylic acids is 2. The number of piperidine rings is 1. The largest absolute Gasteiger partial charge is 0.482 e. The van der Waals surface area contributed by atoms with Crippen molar-refractivity contribution in [3.8, 4) is 5.75 Å². The van der Waals surface area contributed by atoms with Gasteiger partial charge in [-0.25, -0.2) is 0 Å². The molecule has 1 N–H and O–H groups in total. The van der Waals surface area contributed by atoms with Crippen LogP contribution in [0.1, 0.15) is 29.6 Å². The van der Waals surface area contributed by atoms with E-state index in [4.69, 9.17) is 4.74 Å². The number of ether oxygens (including phenoxy) is 1. The summed E-state index contributed by atoms with van der Waals surface area (Å²) in [7, 11) is 1.71. The van der Waals surface area contributed by atoms with Crippen LogP contribution in [0.3, 0.4) is 0 Å². The molecule has 6 heteroatoms. The Morgan fingerprint density at radius 2 is 1.89 bits per heavy atom. The number of hydrogen-bond acceptors (Lipinski definition) is 4. The molecule has 0 atom stereocenters. The number of rotatable bonds is 3. The summed E-state index contributed by atoms with van der Waals surface area (Å²) in [6, 6.07) is 13.1. The molecular formula is C21H23N3O3. The number of likely N-dealkylation sites (N-methyl/N-ethyl adjacent to an activating group) is 1. The first-order valence-electron chi connectivity index (χ1n) is 9.31. The lowest BCUT2D eigenvalue weighted by atomic mass is 10.1. The minimum absolute atomic E-state index is 0.0402. The Hall–Kier alpha value is -3.02. The van der Waals surface area contributed by atoms with E-state index < -0.39 is 0 Å². The van der Waals surface area contributed by atoms with Crippen LogP contribution >= 0.6 is 0 Å². The lowest BCUT2D eigenvalue weighted by molar-refractivity contribution is -0.120. The van der Waals surface area contributed by atoms with Crippen LogP contribution in [-0.4, -0.2) is 38.6 Å². The summed E-state index contributed by atoms with van der Waals surface area (Å²) in [5, 5.41) is 2.92. The summed E-state index contributed by atoms with van der Waals surface area (Å²) >= 11 is 0. The second-order valence-electron chi connectivity index (χ2n) is 6.98. The number of benzene rings is 2. The lowest BCUT2D eigenvalue weighted by Crippen LogP contribution is -2.35. The van der Waals surface area contributed by atoms with Crippen molar-refractivity contribution in [2.24, 2.45) is 0 Å². The molecule has 0 aromatic heterocycles. The Morgan fingerprint density at radius 3 is 2.70 bits per heavy atom. The van der Waals surface area contributed by atoms with Crippen molar-refractivity contribution in [3.05, 3.63) is 48.0 Å². The monoisotopic (exact) mass is 365 g/mol. The van der Waals surface area contributed by atoms with Crippen LogP contribution in [0.25, 0.3) is 0 Å². The summed E-state index contributed by atoms with van der Waals surface area (Å²) in [5.41, 5.74) is 3.00. The van der Waals surface area contributed by atoms with E-state index in [9.17, 15) is 9.59 Å². The molecule has 140 valence electrons. The van der Waals surface area contributed by atoms with Gasteiger partial charge in [-0.2, -0.15) is 0 Å². The first kappa shape index (κ1) is 17.4. The standard InChI is InChI=1S/C21H23N3O3/c1-23-18-13-16(8-9-19(18)27-14-20(23)25)22-21(26)15-6-5-7-17(12-15)24-10-3-2-4-11-24/h5-9,12-13H,2-4,10-11,14H2,1H3,(H,22,26). The molecule has 0 saturated carbocycles. The molecule has 2 aromatic rings. The van der Waals surface area contributed by atoms with Gasteiger partial charge in [-0.15, -0.1) is 0 Å². The summed E-state index contributed by atoms with van der Waals surface area (Å²) < 4.78 is 5.42. The van der Waals surface area contributed by atoms with E-state index in [1.807, 2.05) is 18.2 Å². The van der Waals surface area contributed by atoms with Gasteiger partial charge >= 0.3 is 0 Å². The number of fused-ring (bicyclic) bond motifs is 1. The van der Waals surface area contributed by atoms with Crippen molar-refractivity contribution in [2.45, 2.75) is 19.3 Å². The van der Waals surface area contributed by atoms with Gasteiger partial charge in [0.25, 0.3) is 11.8 Å². The quantitative estimate of drug-likeness (QED) is 0.907. The van der Waals surface area contributed by atoms with E-state index in [1.54, 1.807) is 30.1 Å². The summed E-state index contributed by atoms with van der Waals surface area (Å²) in [6.45, 7) is 2.12. The van der Waals surface area contributed by atoms with E-state index >= 15 is 0 Å². The molecule has 0 radical (unpaired) electrons. The molecule has 0 spiro atoms. The molecule has 2 aromatic carbocycles. The first-order valence-corrected chi connectivity index (χ1v) is 9.31. The fourth-order valence-electron chi connectivity index (χ4n) is 3.55. The Bertz CT molecular complexity index is 875. The van der Waals surface area contributed by atoms with Crippen LogP contribution in [0.2, 0.25) is 0 Å². The van der Waals surface area contributed by atoms with Gasteiger partial charge in [0.1, 0.15) is 5.75 Å². The van der Waals surface area contributed by atoms with E-state index in [-0.39, 0.29) is 18.4 Å². The molecule has 4 rings (SSSR count). The van der Waals surface area contributed by atoms with E-state index in [0.29, 0.717) is 22.7 Å². The van der Waals surface area contributed by atoms with Gasteiger partial charge in [0, 0.05) is 37.1 Å². The average Bonchev–Trinajstić information content (AvgIpc) is 2.72. The first-order chi connectivity index (χ1) is 13.1. The SMILES string of the molecule is CN1C(=O)COc2ccc(NC(=O)c3cccc(N4CCCCC4)c3)cc21. The number of amides is 2. The van der Waals surface area contributed by atoms with E-state index in [2.05, 4.69) is 16.3 Å². The maximum Gasteiger partial charge on any atom is 0.264 e. The Balaban J connectivity index is 1.52. The van der Waals surface area contributed by atoms with Crippen molar-refractivity contribution >= 4 is 28.9 Å². The van der Waals surface area contributed by atoms with Crippen molar-refractivity contribution < 1.29 is 14.3 Å². The smallest absolute Gasteiger partial charge is 0.264 e. The molecular weight excluding hydrogens is 342 g/mol. The van der Waals surface area contributed by atoms with Gasteiger partial charge < -0.3 is 19.9 Å². The molecule has 6 nitrogen and oxygen atoms in total. The highest BCUT2D eigenvalue weighted by molar-refractivity contribution is 6.05. The molecule has 2 aliphatic rings. The predicted octanol–water partition coefficient (Wildman–Crippen LogP) is 3.28. The third-order valence-electron chi connectivity index (χ3n) is 5.13. The number of nitrogens with zero attached hydrogens (tertiary/aromatic N) is 2. The average molecular weight is 365 g/mol. The van der Waals surface area contributed by atoms with Gasteiger partial charge in [0.05, 0.1) is 5.69 Å². The summed E-state index contributed by atoms with van der Waals surface area (Å²) in [5.74, 6) is 0.363. The molecule has 2 heterocycles. The van der Waals surface area contributed by atoms with Crippen LogP contribution in [0.5, 0.6) is 5.75 Å². The Labute approximate surface area is 158 Å². The number of hydrogen-bond donors (Lipinski definition) is 1. The number of carbonyl (C=O) groups is 2. The highest BCUT2D eigenvalue weighted by Gasteiger charge is 2.22. The molecule has 1 saturated heterocycles. The molecule has 27 heavy (non-hydrogen) atoms. The second kappa shape index (κ2) is 7.31. The van der Waals surface area contributed by atoms with Crippen molar-refractivity contribution in [2.75, 3.05) is 41.9 Å². The molecule has 0 aliphatic carbocycles. The topological polar surface area (TPSA) is 61.9 Å². The zero-order valence-electron chi connectivity index (χ0n) is 15.4. The highest BCUT2D eigenvalue weighted by Crippen LogP contribution is 2.33. The molecule has 2 aliphatic heterocycles.